The fourth-order valence-corrected chi connectivity index (χ4v) is 4.91. The van der Waals surface area contributed by atoms with Gasteiger partial charge in [-0.3, -0.25) is 14.6 Å². The van der Waals surface area contributed by atoms with Crippen molar-refractivity contribution < 1.29 is 27.5 Å². The number of pyridine rings is 2. The van der Waals surface area contributed by atoms with Gasteiger partial charge in [0.2, 0.25) is 0 Å². The Morgan fingerprint density at radius 3 is 2.65 bits per heavy atom. The lowest BCUT2D eigenvalue weighted by molar-refractivity contribution is -0.144. The SMILES string of the molecule is COc1cnc(-n2cnc(C(F)(F)F)n2)c2[nH]cc(C(=O)C(=O)N3CCc4c(cccc4-c4ccccn4)C3)c12. The number of H-pyrrole nitrogens is 1. The van der Waals surface area contributed by atoms with Crippen LogP contribution in [0.1, 0.15) is 27.3 Å². The van der Waals surface area contributed by atoms with E-state index in [9.17, 15) is 22.8 Å². The fourth-order valence-electron chi connectivity index (χ4n) is 4.91. The topological polar surface area (TPSA) is 119 Å². The molecule has 0 fully saturated rings. The average molecular weight is 547 g/mol. The fraction of sp³-hybridized carbons (Fsp3) is 0.185. The molecule has 1 N–H and O–H groups in total. The molecule has 1 aliphatic heterocycles. The van der Waals surface area contributed by atoms with Crippen molar-refractivity contribution in [1.82, 2.24) is 34.6 Å². The summed E-state index contributed by atoms with van der Waals surface area (Å²) in [6.45, 7) is 0.568. The number of Topliss-reactive ketones (excluding diaryl/α,β-unsaturated/α-hetero) is 1. The smallest absolute Gasteiger partial charge is 0.453 e. The van der Waals surface area contributed by atoms with Gasteiger partial charge in [0.15, 0.2) is 5.82 Å². The standard InChI is InChI=1S/C27H20F3N7O3/c1-40-20-12-33-24(37-14-34-26(35-37)27(28,29)30)22-21(20)18(11-32-22)23(38)25(39)36-10-8-16-15(13-36)5-4-6-17(16)19-7-2-3-9-31-19/h2-7,9,11-12,14,32H,8,10,13H2,1H3. The van der Waals surface area contributed by atoms with Crippen molar-refractivity contribution >= 4 is 22.6 Å². The molecule has 0 radical (unpaired) electrons. The Morgan fingerprint density at radius 2 is 1.93 bits per heavy atom. The molecule has 0 bridgehead atoms. The molecule has 5 aromatic rings. The number of nitrogens with zero attached hydrogens (tertiary/aromatic N) is 6. The molecule has 13 heteroatoms. The van der Waals surface area contributed by atoms with E-state index in [4.69, 9.17) is 4.74 Å². The maximum absolute atomic E-state index is 13.5. The number of aromatic nitrogens is 6. The highest BCUT2D eigenvalue weighted by molar-refractivity contribution is 6.45. The third-order valence-electron chi connectivity index (χ3n) is 6.77. The second-order valence-electron chi connectivity index (χ2n) is 9.08. The van der Waals surface area contributed by atoms with Crippen LogP contribution in [-0.4, -0.2) is 60.0 Å². The number of halogens is 3. The van der Waals surface area contributed by atoms with Crippen molar-refractivity contribution in [3.05, 3.63) is 83.8 Å². The van der Waals surface area contributed by atoms with Crippen LogP contribution in [0.25, 0.3) is 28.0 Å². The molecular weight excluding hydrogens is 527 g/mol. The quantitative estimate of drug-likeness (QED) is 0.261. The number of nitrogens with one attached hydrogen (secondary N) is 1. The van der Waals surface area contributed by atoms with Gasteiger partial charge in [0.25, 0.3) is 17.5 Å². The van der Waals surface area contributed by atoms with E-state index in [1.807, 2.05) is 36.4 Å². The van der Waals surface area contributed by atoms with Gasteiger partial charge in [0.1, 0.15) is 12.1 Å². The molecule has 0 atom stereocenters. The number of rotatable bonds is 5. The van der Waals surface area contributed by atoms with Gasteiger partial charge in [-0.25, -0.2) is 9.97 Å². The van der Waals surface area contributed by atoms with Gasteiger partial charge in [-0.2, -0.15) is 17.9 Å². The molecule has 1 aromatic carbocycles. The van der Waals surface area contributed by atoms with Gasteiger partial charge in [0.05, 0.1) is 35.5 Å². The first-order valence-electron chi connectivity index (χ1n) is 12.2. The van der Waals surface area contributed by atoms with E-state index in [1.54, 1.807) is 6.20 Å². The molecule has 10 nitrogen and oxygen atoms in total. The van der Waals surface area contributed by atoms with Gasteiger partial charge in [-0.05, 0) is 29.7 Å². The van der Waals surface area contributed by atoms with Crippen molar-refractivity contribution in [1.29, 1.82) is 0 Å². The summed E-state index contributed by atoms with van der Waals surface area (Å²) in [5.41, 5.74) is 3.99. The largest absolute Gasteiger partial charge is 0.494 e. The number of ether oxygens (including phenoxy) is 1. The van der Waals surface area contributed by atoms with Crippen LogP contribution in [0.5, 0.6) is 5.75 Å². The normalized spacial score (nSPS) is 13.3. The summed E-state index contributed by atoms with van der Waals surface area (Å²) >= 11 is 0. The second-order valence-corrected chi connectivity index (χ2v) is 9.08. The number of carbonyl (C=O) groups is 2. The number of methoxy groups -OCH3 is 1. The van der Waals surface area contributed by atoms with Gasteiger partial charge >= 0.3 is 6.18 Å². The molecule has 0 saturated heterocycles. The summed E-state index contributed by atoms with van der Waals surface area (Å²) in [4.78, 5) is 43.1. The summed E-state index contributed by atoms with van der Waals surface area (Å²) in [6, 6.07) is 11.5. The Hall–Kier alpha value is -5.07. The zero-order valence-corrected chi connectivity index (χ0v) is 20.9. The number of fused-ring (bicyclic) bond motifs is 2. The van der Waals surface area contributed by atoms with Crippen LogP contribution in [0.15, 0.2) is 61.3 Å². The maximum Gasteiger partial charge on any atom is 0.453 e. The van der Waals surface area contributed by atoms with Crippen molar-refractivity contribution in [2.75, 3.05) is 13.7 Å². The van der Waals surface area contributed by atoms with Gasteiger partial charge in [-0.15, -0.1) is 5.10 Å². The Labute approximate surface area is 224 Å². The lowest BCUT2D eigenvalue weighted by Gasteiger charge is -2.29. The van der Waals surface area contributed by atoms with Crippen LogP contribution in [0.3, 0.4) is 0 Å². The van der Waals surface area contributed by atoms with E-state index in [0.29, 0.717) is 13.0 Å². The minimum Gasteiger partial charge on any atom is -0.494 e. The predicted octanol–water partition coefficient (Wildman–Crippen LogP) is 4.00. The molecule has 0 aliphatic carbocycles. The van der Waals surface area contributed by atoms with Crippen LogP contribution in [0.2, 0.25) is 0 Å². The predicted molar refractivity (Wildman–Crippen MR) is 136 cm³/mol. The molecule has 5 heterocycles. The second kappa shape index (κ2) is 9.59. The van der Waals surface area contributed by atoms with Crippen LogP contribution < -0.4 is 4.74 Å². The van der Waals surface area contributed by atoms with Crippen LogP contribution in [0, 0.1) is 0 Å². The molecule has 1 aliphatic rings. The molecule has 202 valence electrons. The summed E-state index contributed by atoms with van der Waals surface area (Å²) in [6.07, 6.45) is 0.955. The number of benzene rings is 1. The van der Waals surface area contributed by atoms with E-state index >= 15 is 0 Å². The molecule has 4 aromatic heterocycles. The lowest BCUT2D eigenvalue weighted by atomic mass is 9.92. The molecule has 0 saturated carbocycles. The maximum atomic E-state index is 13.5. The summed E-state index contributed by atoms with van der Waals surface area (Å²) < 4.78 is 45.4. The van der Waals surface area contributed by atoms with E-state index in [2.05, 4.69) is 25.0 Å². The first-order valence-corrected chi connectivity index (χ1v) is 12.2. The van der Waals surface area contributed by atoms with E-state index < -0.39 is 23.7 Å². The lowest BCUT2D eigenvalue weighted by Crippen LogP contribution is -2.40. The first kappa shape index (κ1) is 25.2. The van der Waals surface area contributed by atoms with Crippen molar-refractivity contribution in [2.45, 2.75) is 19.1 Å². The molecule has 1 amide bonds. The number of aromatic amines is 1. The van der Waals surface area contributed by atoms with E-state index in [-0.39, 0.29) is 34.6 Å². The molecule has 40 heavy (non-hydrogen) atoms. The van der Waals surface area contributed by atoms with Crippen molar-refractivity contribution in [2.24, 2.45) is 0 Å². The highest BCUT2D eigenvalue weighted by Gasteiger charge is 2.36. The number of hydrogen-bond donors (Lipinski definition) is 1. The summed E-state index contributed by atoms with van der Waals surface area (Å²) in [5.74, 6) is -2.72. The number of amides is 1. The molecular formula is C27H20F3N7O3. The number of ketones is 1. The van der Waals surface area contributed by atoms with Crippen molar-refractivity contribution in [3.8, 4) is 22.8 Å². The van der Waals surface area contributed by atoms with Crippen molar-refractivity contribution in [3.63, 3.8) is 0 Å². The van der Waals surface area contributed by atoms with Gasteiger partial charge in [0, 0.05) is 31.0 Å². The van der Waals surface area contributed by atoms with Gasteiger partial charge < -0.3 is 14.6 Å². The minimum absolute atomic E-state index is 0.00435. The first-order chi connectivity index (χ1) is 19.3. The Kier molecular flexibility index (Phi) is 6.05. The average Bonchev–Trinajstić information content (AvgIpc) is 3.64. The third kappa shape index (κ3) is 4.25. The zero-order valence-electron chi connectivity index (χ0n) is 20.9. The van der Waals surface area contributed by atoms with Crippen LogP contribution >= 0.6 is 0 Å². The van der Waals surface area contributed by atoms with Crippen LogP contribution in [-0.2, 0) is 23.9 Å². The Balaban J connectivity index is 1.32. The number of hydrogen-bond acceptors (Lipinski definition) is 7. The third-order valence-corrected chi connectivity index (χ3v) is 6.77. The number of alkyl halides is 3. The summed E-state index contributed by atoms with van der Waals surface area (Å²) in [7, 11) is 1.36. The summed E-state index contributed by atoms with van der Waals surface area (Å²) in [5, 5.41) is 3.66. The molecule has 6 rings (SSSR count). The van der Waals surface area contributed by atoms with E-state index in [1.165, 1.54) is 24.4 Å². The van der Waals surface area contributed by atoms with E-state index in [0.717, 1.165) is 33.4 Å². The highest BCUT2D eigenvalue weighted by Crippen LogP contribution is 2.34. The number of carbonyl (C=O) groups excluding carboxylic acids is 2. The Bertz CT molecular complexity index is 1760. The molecule has 0 spiro atoms. The monoisotopic (exact) mass is 547 g/mol. The highest BCUT2D eigenvalue weighted by atomic mass is 19.4. The zero-order chi connectivity index (χ0) is 28.0. The minimum atomic E-state index is -4.74. The van der Waals surface area contributed by atoms with Crippen LogP contribution in [0.4, 0.5) is 13.2 Å². The molecule has 0 unspecified atom stereocenters. The Morgan fingerprint density at radius 1 is 1.07 bits per heavy atom. The van der Waals surface area contributed by atoms with Gasteiger partial charge in [-0.1, -0.05) is 24.3 Å².